The van der Waals surface area contributed by atoms with Gasteiger partial charge in [0.1, 0.15) is 11.5 Å². The molecule has 6 nitrogen and oxygen atoms in total. The summed E-state index contributed by atoms with van der Waals surface area (Å²) in [5, 5.41) is 6.51. The molecule has 3 heterocycles. The van der Waals surface area contributed by atoms with Gasteiger partial charge in [0.05, 0.1) is 12.1 Å². The van der Waals surface area contributed by atoms with Gasteiger partial charge in [-0.1, -0.05) is 25.1 Å². The number of benzene rings is 1. The van der Waals surface area contributed by atoms with Crippen molar-refractivity contribution < 1.29 is 4.74 Å². The number of fused-ring (bicyclic) bond motifs is 3. The number of anilines is 2. The molecule has 1 aromatic carbocycles. The van der Waals surface area contributed by atoms with Gasteiger partial charge in [-0.15, -0.1) is 0 Å². The molecule has 4 rings (SSSR count). The third-order valence-corrected chi connectivity index (χ3v) is 4.94. The predicted molar refractivity (Wildman–Crippen MR) is 107 cm³/mol. The van der Waals surface area contributed by atoms with Crippen LogP contribution in [0.4, 0.5) is 11.5 Å². The number of nitrogens with one attached hydrogen (secondary N) is 1. The van der Waals surface area contributed by atoms with E-state index in [1.165, 1.54) is 0 Å². The molecule has 0 saturated carbocycles. The molecular weight excluding hydrogens is 326 g/mol. The standard InChI is InChI=1S/C20H25N5O/c1-3-10-26-20-18(25-9-8-22-11-13(25)2)17-14-6-4-5-7-16(14)23-12-15(17)19(21)24-20/h4-7,12-13,22H,3,8-11H2,1-2H3,(H2,21,24). The minimum atomic E-state index is 0.341. The van der Waals surface area contributed by atoms with Gasteiger partial charge >= 0.3 is 0 Å². The second-order valence-corrected chi connectivity index (χ2v) is 6.81. The Labute approximate surface area is 153 Å². The number of para-hydroxylation sites is 1. The van der Waals surface area contributed by atoms with Crippen molar-refractivity contribution in [3.63, 3.8) is 0 Å². The Kier molecular flexibility index (Phi) is 4.51. The molecule has 0 radical (unpaired) electrons. The lowest BCUT2D eigenvalue weighted by molar-refractivity contribution is 0.305. The highest BCUT2D eigenvalue weighted by atomic mass is 16.5. The van der Waals surface area contributed by atoms with Gasteiger partial charge in [0.25, 0.3) is 0 Å². The SMILES string of the molecule is CCCOc1nc(N)c2cnc3ccccc3c2c1N1CCNCC1C. The zero-order chi connectivity index (χ0) is 18.1. The van der Waals surface area contributed by atoms with Crippen LogP contribution in [-0.2, 0) is 0 Å². The number of pyridine rings is 2. The summed E-state index contributed by atoms with van der Waals surface area (Å²) in [6.07, 6.45) is 2.76. The minimum absolute atomic E-state index is 0.341. The second-order valence-electron chi connectivity index (χ2n) is 6.81. The van der Waals surface area contributed by atoms with E-state index in [4.69, 9.17) is 10.5 Å². The van der Waals surface area contributed by atoms with Crippen LogP contribution in [0.5, 0.6) is 5.88 Å². The Morgan fingerprint density at radius 1 is 1.31 bits per heavy atom. The maximum absolute atomic E-state index is 6.29. The van der Waals surface area contributed by atoms with Crippen LogP contribution in [0, 0.1) is 0 Å². The highest BCUT2D eigenvalue weighted by Gasteiger charge is 2.26. The van der Waals surface area contributed by atoms with Crippen LogP contribution in [0.1, 0.15) is 20.3 Å². The van der Waals surface area contributed by atoms with Gasteiger partial charge in [-0.3, -0.25) is 4.98 Å². The lowest BCUT2D eigenvalue weighted by Crippen LogP contribution is -2.50. The van der Waals surface area contributed by atoms with Crippen molar-refractivity contribution in [2.45, 2.75) is 26.3 Å². The van der Waals surface area contributed by atoms with Crippen molar-refractivity contribution in [2.75, 3.05) is 36.9 Å². The molecule has 3 aromatic rings. The summed E-state index contributed by atoms with van der Waals surface area (Å²) in [5.41, 5.74) is 8.28. The van der Waals surface area contributed by atoms with E-state index in [-0.39, 0.29) is 0 Å². The summed E-state index contributed by atoms with van der Waals surface area (Å²) in [6, 6.07) is 8.52. The summed E-state index contributed by atoms with van der Waals surface area (Å²) in [6.45, 7) is 7.71. The highest BCUT2D eigenvalue weighted by Crippen LogP contribution is 2.41. The van der Waals surface area contributed by atoms with E-state index in [1.54, 1.807) is 0 Å². The highest BCUT2D eigenvalue weighted by molar-refractivity contribution is 6.16. The Morgan fingerprint density at radius 2 is 2.15 bits per heavy atom. The molecule has 1 aliphatic heterocycles. The lowest BCUT2D eigenvalue weighted by Gasteiger charge is -2.37. The molecule has 1 unspecified atom stereocenters. The van der Waals surface area contributed by atoms with Crippen molar-refractivity contribution in [3.8, 4) is 5.88 Å². The third kappa shape index (κ3) is 2.80. The number of hydrogen-bond donors (Lipinski definition) is 2. The first-order valence-electron chi connectivity index (χ1n) is 9.27. The van der Waals surface area contributed by atoms with Gasteiger partial charge in [0.2, 0.25) is 5.88 Å². The van der Waals surface area contributed by atoms with Crippen molar-refractivity contribution in [1.82, 2.24) is 15.3 Å². The molecule has 6 heteroatoms. The molecule has 1 fully saturated rings. The molecule has 1 aliphatic rings. The fraction of sp³-hybridized carbons (Fsp3) is 0.400. The Balaban J connectivity index is 2.06. The zero-order valence-electron chi connectivity index (χ0n) is 15.3. The molecule has 0 bridgehead atoms. The summed E-state index contributed by atoms with van der Waals surface area (Å²) in [7, 11) is 0. The molecule has 2 aromatic heterocycles. The van der Waals surface area contributed by atoms with E-state index in [0.717, 1.165) is 53.4 Å². The first-order chi connectivity index (χ1) is 12.7. The van der Waals surface area contributed by atoms with Crippen molar-refractivity contribution in [1.29, 1.82) is 0 Å². The summed E-state index contributed by atoms with van der Waals surface area (Å²) in [5.74, 6) is 1.10. The van der Waals surface area contributed by atoms with Crippen LogP contribution in [0.25, 0.3) is 21.7 Å². The van der Waals surface area contributed by atoms with Crippen LogP contribution in [-0.4, -0.2) is 42.3 Å². The van der Waals surface area contributed by atoms with Gasteiger partial charge in [-0.05, 0) is 19.4 Å². The number of nitrogen functional groups attached to an aromatic ring is 1. The average molecular weight is 351 g/mol. The van der Waals surface area contributed by atoms with Crippen LogP contribution in [0.2, 0.25) is 0 Å². The second kappa shape index (κ2) is 6.96. The fourth-order valence-electron chi connectivity index (χ4n) is 3.66. The molecular formula is C20H25N5O. The predicted octanol–water partition coefficient (Wildman–Crippen LogP) is 2.95. The quantitative estimate of drug-likeness (QED) is 0.704. The molecule has 136 valence electrons. The van der Waals surface area contributed by atoms with E-state index in [1.807, 2.05) is 24.4 Å². The number of aromatic nitrogens is 2. The molecule has 0 aliphatic carbocycles. The van der Waals surface area contributed by atoms with Crippen LogP contribution in [0.15, 0.2) is 30.5 Å². The van der Waals surface area contributed by atoms with Crippen LogP contribution in [0.3, 0.4) is 0 Å². The number of nitrogens with zero attached hydrogens (tertiary/aromatic N) is 3. The number of nitrogens with two attached hydrogens (primary N) is 1. The maximum Gasteiger partial charge on any atom is 0.240 e. The summed E-state index contributed by atoms with van der Waals surface area (Å²) < 4.78 is 6.05. The van der Waals surface area contributed by atoms with Gasteiger partial charge < -0.3 is 20.7 Å². The van der Waals surface area contributed by atoms with Gasteiger partial charge in [0, 0.05) is 48.0 Å². The van der Waals surface area contributed by atoms with E-state index < -0.39 is 0 Å². The van der Waals surface area contributed by atoms with Crippen LogP contribution >= 0.6 is 0 Å². The normalized spacial score (nSPS) is 17.8. The monoisotopic (exact) mass is 351 g/mol. The number of hydrogen-bond acceptors (Lipinski definition) is 6. The number of piperazine rings is 1. The smallest absolute Gasteiger partial charge is 0.240 e. The summed E-state index contributed by atoms with van der Waals surface area (Å²) in [4.78, 5) is 11.6. The van der Waals surface area contributed by atoms with Gasteiger partial charge in [-0.2, -0.15) is 4.98 Å². The molecule has 3 N–H and O–H groups in total. The lowest BCUT2D eigenvalue weighted by atomic mass is 10.0. The third-order valence-electron chi connectivity index (χ3n) is 4.94. The largest absolute Gasteiger partial charge is 0.476 e. The Hall–Kier alpha value is -2.60. The first kappa shape index (κ1) is 16.8. The fourth-order valence-corrected chi connectivity index (χ4v) is 3.66. The topological polar surface area (TPSA) is 76.3 Å². The maximum atomic E-state index is 6.29. The van der Waals surface area contributed by atoms with E-state index in [0.29, 0.717) is 24.3 Å². The Morgan fingerprint density at radius 3 is 2.96 bits per heavy atom. The molecule has 1 atom stereocenters. The van der Waals surface area contributed by atoms with E-state index >= 15 is 0 Å². The minimum Gasteiger partial charge on any atom is -0.476 e. The van der Waals surface area contributed by atoms with Gasteiger partial charge in [-0.25, -0.2) is 0 Å². The number of rotatable bonds is 4. The van der Waals surface area contributed by atoms with Crippen molar-refractivity contribution in [3.05, 3.63) is 30.5 Å². The van der Waals surface area contributed by atoms with Gasteiger partial charge in [0.15, 0.2) is 0 Å². The van der Waals surface area contributed by atoms with E-state index in [2.05, 4.69) is 40.1 Å². The summed E-state index contributed by atoms with van der Waals surface area (Å²) >= 11 is 0. The van der Waals surface area contributed by atoms with Crippen LogP contribution < -0.4 is 20.7 Å². The number of ether oxygens (including phenoxy) is 1. The zero-order valence-corrected chi connectivity index (χ0v) is 15.3. The van der Waals surface area contributed by atoms with E-state index in [9.17, 15) is 0 Å². The molecule has 0 amide bonds. The van der Waals surface area contributed by atoms with Crippen molar-refractivity contribution in [2.24, 2.45) is 0 Å². The molecule has 0 spiro atoms. The first-order valence-corrected chi connectivity index (χ1v) is 9.27. The Bertz CT molecular complexity index is 942. The average Bonchev–Trinajstić information content (AvgIpc) is 2.67. The van der Waals surface area contributed by atoms with Crippen molar-refractivity contribution >= 4 is 33.2 Å². The molecule has 1 saturated heterocycles. The molecule has 26 heavy (non-hydrogen) atoms.